The standard InChI is InChI=1S/C37H37N3O5.CH4O/c1-25-14-31(21-40-11-4-3-7-32(40)22-41)36(44-23-28-15-27(18-38)19-39-20-28)17-35(25)45-24-30-6-5-8-33(26(30)2)29-9-10-34-37(16-29)43-13-12-42-34;1-2/h5-6,8-10,14-17,19-20,22,32H,3-4,7,11-13,21,23-24H2,1-2H3;2H,1H3/t32-;/m1./s1. The van der Waals surface area contributed by atoms with Crippen LogP contribution < -0.4 is 18.9 Å². The summed E-state index contributed by atoms with van der Waals surface area (Å²) in [7, 11) is 1.00. The average molecular weight is 636 g/mol. The van der Waals surface area contributed by atoms with Gasteiger partial charge >= 0.3 is 0 Å². The number of hydrogen-bond donors (Lipinski definition) is 1. The van der Waals surface area contributed by atoms with Crippen molar-refractivity contribution in [3.05, 3.63) is 100 Å². The number of aliphatic hydroxyl groups is 1. The van der Waals surface area contributed by atoms with Crippen LogP contribution in [0.5, 0.6) is 23.0 Å². The van der Waals surface area contributed by atoms with Crippen molar-refractivity contribution in [1.82, 2.24) is 9.88 Å². The number of carbonyl (C=O) groups excluding carboxylic acids is 1. The molecular formula is C38H41N3O6. The molecule has 0 spiro atoms. The van der Waals surface area contributed by atoms with Crippen molar-refractivity contribution in [2.75, 3.05) is 26.9 Å². The second-order valence-corrected chi connectivity index (χ2v) is 11.6. The van der Waals surface area contributed by atoms with Crippen molar-refractivity contribution in [1.29, 1.82) is 5.26 Å². The normalized spacial score (nSPS) is 15.5. The monoisotopic (exact) mass is 635 g/mol. The van der Waals surface area contributed by atoms with Crippen molar-refractivity contribution in [3.63, 3.8) is 0 Å². The van der Waals surface area contributed by atoms with Crippen LogP contribution in [0.4, 0.5) is 0 Å². The Kier molecular flexibility index (Phi) is 11.4. The number of benzene rings is 3. The Morgan fingerprint density at radius 3 is 2.57 bits per heavy atom. The fourth-order valence-electron chi connectivity index (χ4n) is 6.04. The maximum atomic E-state index is 11.8. The number of aliphatic hydroxyl groups excluding tert-OH is 1. The molecule has 0 aliphatic carbocycles. The van der Waals surface area contributed by atoms with E-state index in [-0.39, 0.29) is 12.6 Å². The fraction of sp³-hybridized carbons (Fsp3) is 0.342. The van der Waals surface area contributed by atoms with Gasteiger partial charge in [0, 0.05) is 43.2 Å². The Morgan fingerprint density at radius 2 is 1.77 bits per heavy atom. The predicted octanol–water partition coefficient (Wildman–Crippen LogP) is 6.33. The van der Waals surface area contributed by atoms with Crippen LogP contribution in [0.2, 0.25) is 0 Å². The number of piperidine rings is 1. The Morgan fingerprint density at radius 1 is 0.957 bits per heavy atom. The van der Waals surface area contributed by atoms with Crippen LogP contribution in [-0.4, -0.2) is 54.2 Å². The maximum Gasteiger partial charge on any atom is 0.161 e. The minimum absolute atomic E-state index is 0.0937. The topological polar surface area (TPSA) is 114 Å². The first-order valence-electron chi connectivity index (χ1n) is 15.9. The molecule has 6 rings (SSSR count). The molecule has 1 aromatic heterocycles. The molecule has 3 heterocycles. The molecule has 47 heavy (non-hydrogen) atoms. The number of likely N-dealkylation sites (tertiary alicyclic amines) is 1. The van der Waals surface area contributed by atoms with Crippen LogP contribution in [0.1, 0.15) is 52.6 Å². The first-order valence-corrected chi connectivity index (χ1v) is 15.9. The maximum absolute atomic E-state index is 11.8. The summed E-state index contributed by atoms with van der Waals surface area (Å²) in [6, 6.07) is 20.2. The van der Waals surface area contributed by atoms with E-state index in [0.29, 0.717) is 37.7 Å². The Balaban J connectivity index is 0.00000213. The number of carbonyl (C=O) groups is 1. The van der Waals surface area contributed by atoms with Crippen LogP contribution in [0.25, 0.3) is 11.1 Å². The molecule has 0 bridgehead atoms. The molecule has 0 amide bonds. The first kappa shape index (κ1) is 33.5. The third-order valence-electron chi connectivity index (χ3n) is 8.55. The zero-order chi connectivity index (χ0) is 33.2. The van der Waals surface area contributed by atoms with Gasteiger partial charge in [-0.25, -0.2) is 0 Å². The average Bonchev–Trinajstić information content (AvgIpc) is 3.12. The van der Waals surface area contributed by atoms with Crippen LogP contribution in [-0.2, 0) is 24.6 Å². The van der Waals surface area contributed by atoms with Crippen LogP contribution >= 0.6 is 0 Å². The number of aromatic nitrogens is 1. The summed E-state index contributed by atoms with van der Waals surface area (Å²) in [4.78, 5) is 18.2. The number of ether oxygens (including phenoxy) is 4. The third-order valence-corrected chi connectivity index (χ3v) is 8.55. The SMILES string of the molecule is CO.Cc1cc(CN2CCCC[C@@H]2C=O)c(OCc2cncc(C#N)c2)cc1OCc1cccc(-c2ccc3c(c2)OCCO3)c1C. The highest BCUT2D eigenvalue weighted by Gasteiger charge is 2.24. The lowest BCUT2D eigenvalue weighted by atomic mass is 9.96. The first-order chi connectivity index (χ1) is 23.0. The van der Waals surface area contributed by atoms with Gasteiger partial charge in [-0.15, -0.1) is 0 Å². The molecule has 2 aliphatic rings. The van der Waals surface area contributed by atoms with Gasteiger partial charge in [0.2, 0.25) is 0 Å². The van der Waals surface area contributed by atoms with E-state index in [1.807, 2.05) is 31.2 Å². The molecule has 4 aromatic rings. The van der Waals surface area contributed by atoms with E-state index in [0.717, 1.165) is 95.4 Å². The van der Waals surface area contributed by atoms with Gasteiger partial charge in [-0.05, 0) is 85.3 Å². The second-order valence-electron chi connectivity index (χ2n) is 11.6. The molecular weight excluding hydrogens is 594 g/mol. The lowest BCUT2D eigenvalue weighted by molar-refractivity contribution is -0.113. The summed E-state index contributed by atoms with van der Waals surface area (Å²) in [6.45, 7) is 7.37. The molecule has 0 radical (unpaired) electrons. The van der Waals surface area contributed by atoms with Gasteiger partial charge in [-0.1, -0.05) is 30.7 Å². The molecule has 0 unspecified atom stereocenters. The summed E-state index contributed by atoms with van der Waals surface area (Å²) in [5, 5.41) is 16.3. The summed E-state index contributed by atoms with van der Waals surface area (Å²) in [5.74, 6) is 2.96. The van der Waals surface area contributed by atoms with Gasteiger partial charge < -0.3 is 28.8 Å². The third kappa shape index (κ3) is 8.09. The van der Waals surface area contributed by atoms with Gasteiger partial charge in [0.25, 0.3) is 0 Å². The number of pyridine rings is 1. The van der Waals surface area contributed by atoms with Gasteiger partial charge in [0.15, 0.2) is 11.5 Å². The molecule has 9 nitrogen and oxygen atoms in total. The lowest BCUT2D eigenvalue weighted by Crippen LogP contribution is -2.39. The zero-order valence-corrected chi connectivity index (χ0v) is 27.2. The second kappa shape index (κ2) is 16.1. The highest BCUT2D eigenvalue weighted by atomic mass is 16.6. The van der Waals surface area contributed by atoms with Gasteiger partial charge in [-0.2, -0.15) is 5.26 Å². The molecule has 1 N–H and O–H groups in total. The van der Waals surface area contributed by atoms with Crippen LogP contribution in [0, 0.1) is 25.2 Å². The van der Waals surface area contributed by atoms with Crippen molar-refractivity contribution in [2.24, 2.45) is 0 Å². The van der Waals surface area contributed by atoms with Gasteiger partial charge in [0.05, 0.1) is 11.6 Å². The van der Waals surface area contributed by atoms with E-state index in [1.54, 1.807) is 12.3 Å². The number of rotatable bonds is 10. The predicted molar refractivity (Wildman–Crippen MR) is 179 cm³/mol. The lowest BCUT2D eigenvalue weighted by Gasteiger charge is -2.32. The van der Waals surface area contributed by atoms with E-state index >= 15 is 0 Å². The largest absolute Gasteiger partial charge is 0.488 e. The minimum Gasteiger partial charge on any atom is -0.488 e. The van der Waals surface area contributed by atoms with Gasteiger partial charge in [0.1, 0.15) is 50.3 Å². The van der Waals surface area contributed by atoms with Crippen LogP contribution in [0.15, 0.2) is 67.0 Å². The highest BCUT2D eigenvalue weighted by molar-refractivity contribution is 5.71. The molecule has 1 atom stereocenters. The molecule has 1 saturated heterocycles. The van der Waals surface area contributed by atoms with E-state index < -0.39 is 0 Å². The summed E-state index contributed by atoms with van der Waals surface area (Å²) in [6.07, 6.45) is 7.30. The summed E-state index contributed by atoms with van der Waals surface area (Å²) < 4.78 is 24.3. The quantitative estimate of drug-likeness (QED) is 0.200. The Bertz CT molecular complexity index is 1730. The van der Waals surface area contributed by atoms with Crippen molar-refractivity contribution >= 4 is 6.29 Å². The fourth-order valence-corrected chi connectivity index (χ4v) is 6.04. The van der Waals surface area contributed by atoms with E-state index in [2.05, 4.69) is 47.1 Å². The zero-order valence-electron chi connectivity index (χ0n) is 27.2. The molecule has 0 saturated carbocycles. The number of fused-ring (bicyclic) bond motifs is 1. The molecule has 3 aromatic carbocycles. The van der Waals surface area contributed by atoms with E-state index in [1.165, 1.54) is 6.20 Å². The molecule has 1 fully saturated rings. The van der Waals surface area contributed by atoms with Crippen molar-refractivity contribution in [2.45, 2.75) is 58.9 Å². The number of hydrogen-bond acceptors (Lipinski definition) is 9. The van der Waals surface area contributed by atoms with E-state index in [9.17, 15) is 10.1 Å². The van der Waals surface area contributed by atoms with Crippen molar-refractivity contribution in [3.8, 4) is 40.2 Å². The van der Waals surface area contributed by atoms with Gasteiger partial charge in [-0.3, -0.25) is 9.88 Å². The highest BCUT2D eigenvalue weighted by Crippen LogP contribution is 2.37. The van der Waals surface area contributed by atoms with Crippen molar-refractivity contribution < 1.29 is 28.8 Å². The molecule has 244 valence electrons. The van der Waals surface area contributed by atoms with E-state index in [4.69, 9.17) is 24.1 Å². The van der Waals surface area contributed by atoms with Crippen LogP contribution in [0.3, 0.4) is 0 Å². The number of aldehydes is 1. The summed E-state index contributed by atoms with van der Waals surface area (Å²) in [5.41, 5.74) is 7.67. The Hall–Kier alpha value is -4.91. The number of aryl methyl sites for hydroxylation is 1. The Labute approximate surface area is 276 Å². The minimum atomic E-state index is -0.0937. The molecule has 9 heteroatoms. The molecule has 2 aliphatic heterocycles. The number of nitrogens with zero attached hydrogens (tertiary/aromatic N) is 3. The summed E-state index contributed by atoms with van der Waals surface area (Å²) >= 11 is 0. The smallest absolute Gasteiger partial charge is 0.161 e. The number of nitriles is 1.